The number of piperidine rings is 1. The van der Waals surface area contributed by atoms with Gasteiger partial charge in [-0.25, -0.2) is 8.78 Å². The van der Waals surface area contributed by atoms with Gasteiger partial charge >= 0.3 is 0 Å². The molecule has 0 bridgehead atoms. The molecule has 5 heteroatoms. The molecule has 0 unspecified atom stereocenters. The molecule has 0 spiro atoms. The summed E-state index contributed by atoms with van der Waals surface area (Å²) in [5, 5.41) is 9.05. The maximum Gasteiger partial charge on any atom is 0.187 e. The monoisotopic (exact) mass is 271 g/mol. The average molecular weight is 271 g/mol. The largest absolute Gasteiger partial charge is 0.503 e. The predicted octanol–water partition coefficient (Wildman–Crippen LogP) is 2.53. The number of hydrogen-bond acceptors (Lipinski definition) is 3. The van der Waals surface area contributed by atoms with E-state index in [1.807, 2.05) is 0 Å². The molecule has 3 nitrogen and oxygen atoms in total. The van der Waals surface area contributed by atoms with E-state index >= 15 is 0 Å². The van der Waals surface area contributed by atoms with Crippen LogP contribution in [0.1, 0.15) is 18.4 Å². The number of nitrogens with zero attached hydrogens (tertiary/aromatic N) is 1. The van der Waals surface area contributed by atoms with Crippen molar-refractivity contribution in [1.82, 2.24) is 4.90 Å². The maximum absolute atomic E-state index is 13.2. The zero-order valence-corrected chi connectivity index (χ0v) is 11.0. The summed E-state index contributed by atoms with van der Waals surface area (Å²) in [6, 6.07) is 2.39. The Kier molecular flexibility index (Phi) is 4.71. The van der Waals surface area contributed by atoms with Crippen molar-refractivity contribution >= 4 is 0 Å². The first-order chi connectivity index (χ1) is 9.10. The molecule has 1 aliphatic rings. The number of ether oxygens (including phenoxy) is 1. The Morgan fingerprint density at radius 2 is 1.84 bits per heavy atom. The van der Waals surface area contributed by atoms with Crippen LogP contribution in [-0.2, 0) is 11.3 Å². The van der Waals surface area contributed by atoms with Gasteiger partial charge in [-0.2, -0.15) is 0 Å². The Labute approximate surface area is 111 Å². The molecule has 0 saturated carbocycles. The van der Waals surface area contributed by atoms with E-state index in [0.717, 1.165) is 32.5 Å². The number of methoxy groups -OCH3 is 1. The number of rotatable bonds is 4. The van der Waals surface area contributed by atoms with Gasteiger partial charge in [0.05, 0.1) is 0 Å². The minimum atomic E-state index is -0.900. The van der Waals surface area contributed by atoms with Crippen molar-refractivity contribution in [2.45, 2.75) is 19.4 Å². The number of likely N-dealkylation sites (tertiary alicyclic amines) is 1. The van der Waals surface area contributed by atoms with Crippen LogP contribution in [0.25, 0.3) is 0 Å². The normalized spacial score (nSPS) is 17.8. The first-order valence-electron chi connectivity index (χ1n) is 6.48. The Hall–Kier alpha value is -1.20. The molecule has 1 aromatic carbocycles. The third-order valence-electron chi connectivity index (χ3n) is 3.59. The number of phenolic OH excluding ortho intramolecular Hbond substituents is 1. The lowest BCUT2D eigenvalue weighted by molar-refractivity contribution is 0.0967. The summed E-state index contributed by atoms with van der Waals surface area (Å²) in [5.41, 5.74) is 0.554. The second-order valence-corrected chi connectivity index (χ2v) is 5.08. The van der Waals surface area contributed by atoms with Crippen LogP contribution in [0.15, 0.2) is 12.1 Å². The molecule has 19 heavy (non-hydrogen) atoms. The summed E-state index contributed by atoms with van der Waals surface area (Å²) in [4.78, 5) is 2.16. The van der Waals surface area contributed by atoms with Crippen molar-refractivity contribution in [2.75, 3.05) is 26.8 Å². The Bertz CT molecular complexity index is 408. The molecular formula is C14H19F2NO2. The standard InChI is InChI=1S/C14H19F2NO2/c1-19-9-10-2-4-17(5-3-10)8-11-6-12(15)14(18)13(16)7-11/h6-7,10,18H,2-5,8-9H2,1H3. The minimum absolute atomic E-state index is 0.508. The summed E-state index contributed by atoms with van der Waals surface area (Å²) in [6.07, 6.45) is 2.08. The van der Waals surface area contributed by atoms with E-state index in [1.165, 1.54) is 12.1 Å². The molecule has 1 saturated heterocycles. The zero-order chi connectivity index (χ0) is 13.8. The van der Waals surface area contributed by atoms with Gasteiger partial charge < -0.3 is 9.84 Å². The van der Waals surface area contributed by atoms with E-state index < -0.39 is 17.4 Å². The number of phenols is 1. The summed E-state index contributed by atoms with van der Waals surface area (Å²) < 4.78 is 31.6. The van der Waals surface area contributed by atoms with Gasteiger partial charge in [0.2, 0.25) is 0 Å². The van der Waals surface area contributed by atoms with Crippen LogP contribution >= 0.6 is 0 Å². The topological polar surface area (TPSA) is 32.7 Å². The molecule has 0 aromatic heterocycles. The fourth-order valence-electron chi connectivity index (χ4n) is 2.51. The minimum Gasteiger partial charge on any atom is -0.503 e. The molecular weight excluding hydrogens is 252 g/mol. The smallest absolute Gasteiger partial charge is 0.187 e. The average Bonchev–Trinajstić information content (AvgIpc) is 2.38. The third kappa shape index (κ3) is 3.64. The lowest BCUT2D eigenvalue weighted by Crippen LogP contribution is -2.34. The van der Waals surface area contributed by atoms with E-state index in [2.05, 4.69) is 4.90 Å². The van der Waals surface area contributed by atoms with Crippen LogP contribution in [0.5, 0.6) is 5.75 Å². The molecule has 1 N–H and O–H groups in total. The number of hydrogen-bond donors (Lipinski definition) is 1. The highest BCUT2D eigenvalue weighted by Crippen LogP contribution is 2.24. The summed E-state index contributed by atoms with van der Waals surface area (Å²) >= 11 is 0. The molecule has 1 heterocycles. The van der Waals surface area contributed by atoms with Gasteiger partial charge in [-0.1, -0.05) is 0 Å². The summed E-state index contributed by atoms with van der Waals surface area (Å²) in [7, 11) is 1.70. The van der Waals surface area contributed by atoms with Crippen molar-refractivity contribution in [1.29, 1.82) is 0 Å². The predicted molar refractivity (Wildman–Crippen MR) is 67.9 cm³/mol. The fraction of sp³-hybridized carbons (Fsp3) is 0.571. The Morgan fingerprint density at radius 3 is 2.37 bits per heavy atom. The van der Waals surface area contributed by atoms with E-state index in [4.69, 9.17) is 9.84 Å². The van der Waals surface area contributed by atoms with E-state index in [9.17, 15) is 8.78 Å². The Balaban J connectivity index is 1.92. The third-order valence-corrected chi connectivity index (χ3v) is 3.59. The molecule has 2 rings (SSSR count). The van der Waals surface area contributed by atoms with Gasteiger partial charge in [-0.05, 0) is 49.5 Å². The molecule has 0 atom stereocenters. The molecule has 106 valence electrons. The van der Waals surface area contributed by atoms with Crippen LogP contribution in [-0.4, -0.2) is 36.8 Å². The molecule has 0 amide bonds. The van der Waals surface area contributed by atoms with Gasteiger partial charge in [-0.15, -0.1) is 0 Å². The molecule has 0 radical (unpaired) electrons. The number of aromatic hydroxyl groups is 1. The first kappa shape index (κ1) is 14.2. The molecule has 1 aromatic rings. The SMILES string of the molecule is COCC1CCN(Cc2cc(F)c(O)c(F)c2)CC1. The van der Waals surface area contributed by atoms with Crippen LogP contribution in [0.3, 0.4) is 0 Å². The van der Waals surface area contributed by atoms with Gasteiger partial charge in [0.25, 0.3) is 0 Å². The lowest BCUT2D eigenvalue weighted by Gasteiger charge is -2.31. The van der Waals surface area contributed by atoms with E-state index in [0.29, 0.717) is 18.0 Å². The first-order valence-corrected chi connectivity index (χ1v) is 6.48. The van der Waals surface area contributed by atoms with Gasteiger partial charge in [0.15, 0.2) is 17.4 Å². The number of halogens is 2. The second-order valence-electron chi connectivity index (χ2n) is 5.08. The number of benzene rings is 1. The van der Waals surface area contributed by atoms with E-state index in [-0.39, 0.29) is 0 Å². The summed E-state index contributed by atoms with van der Waals surface area (Å²) in [6.45, 7) is 3.08. The van der Waals surface area contributed by atoms with Crippen molar-refractivity contribution < 1.29 is 18.6 Å². The molecule has 1 aliphatic heterocycles. The van der Waals surface area contributed by atoms with Crippen molar-refractivity contribution in [3.8, 4) is 5.75 Å². The van der Waals surface area contributed by atoms with Crippen LogP contribution in [0.4, 0.5) is 8.78 Å². The van der Waals surface area contributed by atoms with Gasteiger partial charge in [-0.3, -0.25) is 4.90 Å². The zero-order valence-electron chi connectivity index (χ0n) is 11.0. The lowest BCUT2D eigenvalue weighted by atomic mass is 9.97. The molecule has 0 aliphatic carbocycles. The highest BCUT2D eigenvalue weighted by atomic mass is 19.1. The van der Waals surface area contributed by atoms with Crippen LogP contribution in [0.2, 0.25) is 0 Å². The quantitative estimate of drug-likeness (QED) is 0.913. The summed E-state index contributed by atoms with van der Waals surface area (Å²) in [5.74, 6) is -2.12. The second kappa shape index (κ2) is 6.30. The van der Waals surface area contributed by atoms with E-state index in [1.54, 1.807) is 7.11 Å². The molecule has 1 fully saturated rings. The van der Waals surface area contributed by atoms with Gasteiger partial charge in [0, 0.05) is 20.3 Å². The maximum atomic E-state index is 13.2. The Morgan fingerprint density at radius 1 is 1.26 bits per heavy atom. The van der Waals surface area contributed by atoms with Gasteiger partial charge in [0.1, 0.15) is 0 Å². The van der Waals surface area contributed by atoms with Crippen molar-refractivity contribution in [3.05, 3.63) is 29.3 Å². The van der Waals surface area contributed by atoms with Crippen LogP contribution < -0.4 is 0 Å². The van der Waals surface area contributed by atoms with Crippen molar-refractivity contribution in [3.63, 3.8) is 0 Å². The van der Waals surface area contributed by atoms with Crippen LogP contribution in [0, 0.1) is 17.6 Å². The van der Waals surface area contributed by atoms with Crippen molar-refractivity contribution in [2.24, 2.45) is 5.92 Å². The highest BCUT2D eigenvalue weighted by molar-refractivity contribution is 5.30. The fourth-order valence-corrected chi connectivity index (χ4v) is 2.51. The highest BCUT2D eigenvalue weighted by Gasteiger charge is 2.20.